The zero-order valence-corrected chi connectivity index (χ0v) is 16.8. The summed E-state index contributed by atoms with van der Waals surface area (Å²) >= 11 is 6.50. The van der Waals surface area contributed by atoms with Crippen LogP contribution in [0.1, 0.15) is 29.7 Å². The number of hydrogen-bond donors (Lipinski definition) is 0. The topological polar surface area (TPSA) is 30.2 Å². The smallest absolute Gasteiger partial charge is 0.290 e. The van der Waals surface area contributed by atoms with E-state index in [9.17, 15) is 4.79 Å². The molecule has 0 N–H and O–H groups in total. The number of para-hydroxylation sites is 1. The molecule has 4 nitrogen and oxygen atoms in total. The fourth-order valence-corrected chi connectivity index (χ4v) is 5.40. The van der Waals surface area contributed by atoms with Crippen molar-refractivity contribution in [3.63, 3.8) is 0 Å². The van der Waals surface area contributed by atoms with Gasteiger partial charge < -0.3 is 0 Å². The molecular formula is C23H24ClN3O. The number of halogens is 1. The number of likely N-dealkylation sites (tertiary alicyclic amines) is 1. The van der Waals surface area contributed by atoms with Crippen molar-refractivity contribution in [2.75, 3.05) is 13.1 Å². The molecule has 1 atom stereocenters. The molecule has 144 valence electrons. The van der Waals surface area contributed by atoms with E-state index in [1.54, 1.807) is 4.68 Å². The highest BCUT2D eigenvalue weighted by molar-refractivity contribution is 6.31. The van der Waals surface area contributed by atoms with Crippen LogP contribution in [0.4, 0.5) is 0 Å². The quantitative estimate of drug-likeness (QED) is 0.675. The summed E-state index contributed by atoms with van der Waals surface area (Å²) in [6, 6.07) is 18.6. The average molecular weight is 394 g/mol. The number of benzene rings is 2. The molecule has 0 saturated carbocycles. The van der Waals surface area contributed by atoms with E-state index >= 15 is 0 Å². The lowest BCUT2D eigenvalue weighted by molar-refractivity contribution is 0.293. The van der Waals surface area contributed by atoms with E-state index in [2.05, 4.69) is 29.2 Å². The van der Waals surface area contributed by atoms with E-state index in [0.29, 0.717) is 11.6 Å². The summed E-state index contributed by atoms with van der Waals surface area (Å²) in [6.07, 6.45) is 3.57. The van der Waals surface area contributed by atoms with Gasteiger partial charge in [0, 0.05) is 25.6 Å². The van der Waals surface area contributed by atoms with Gasteiger partial charge in [0.2, 0.25) is 0 Å². The first kappa shape index (κ1) is 17.8. The SMILES string of the molecule is Cn1c(CN2CCC3(CCc4ccccc43)C2)c(Cl)c(=O)n1-c1ccccc1. The Morgan fingerprint density at radius 3 is 2.61 bits per heavy atom. The van der Waals surface area contributed by atoms with Gasteiger partial charge in [-0.05, 0) is 49.1 Å². The Labute approximate surface area is 169 Å². The summed E-state index contributed by atoms with van der Waals surface area (Å²) in [5.41, 5.74) is 4.88. The van der Waals surface area contributed by atoms with Gasteiger partial charge in [-0.3, -0.25) is 14.4 Å². The lowest BCUT2D eigenvalue weighted by atomic mass is 9.81. The molecule has 3 aromatic rings. The molecule has 5 rings (SSSR count). The van der Waals surface area contributed by atoms with Crippen LogP contribution in [0.2, 0.25) is 5.02 Å². The van der Waals surface area contributed by atoms with Crippen molar-refractivity contribution in [3.8, 4) is 5.69 Å². The van der Waals surface area contributed by atoms with Crippen LogP contribution in [-0.4, -0.2) is 27.4 Å². The van der Waals surface area contributed by atoms with Crippen molar-refractivity contribution < 1.29 is 0 Å². The second-order valence-corrected chi connectivity index (χ2v) is 8.51. The molecule has 1 fully saturated rings. The van der Waals surface area contributed by atoms with Crippen LogP contribution in [-0.2, 0) is 25.4 Å². The maximum Gasteiger partial charge on any atom is 0.290 e. The number of rotatable bonds is 3. The molecule has 1 unspecified atom stereocenters. The molecule has 0 amide bonds. The lowest BCUT2D eigenvalue weighted by Crippen LogP contribution is -2.29. The van der Waals surface area contributed by atoms with Gasteiger partial charge >= 0.3 is 0 Å². The summed E-state index contributed by atoms with van der Waals surface area (Å²) in [5.74, 6) is 0. The minimum absolute atomic E-state index is 0.148. The monoisotopic (exact) mass is 393 g/mol. The summed E-state index contributed by atoms with van der Waals surface area (Å²) in [6.45, 7) is 2.77. The molecule has 2 aliphatic rings. The Balaban J connectivity index is 1.44. The average Bonchev–Trinajstić information content (AvgIpc) is 3.36. The van der Waals surface area contributed by atoms with Crippen LogP contribution >= 0.6 is 11.6 Å². The molecular weight excluding hydrogens is 370 g/mol. The van der Waals surface area contributed by atoms with Crippen LogP contribution in [0.3, 0.4) is 0 Å². The minimum atomic E-state index is -0.148. The molecule has 1 spiro atoms. The predicted molar refractivity (Wildman–Crippen MR) is 112 cm³/mol. The molecule has 2 heterocycles. The van der Waals surface area contributed by atoms with E-state index in [1.165, 1.54) is 30.4 Å². The fourth-order valence-electron chi connectivity index (χ4n) is 5.14. The molecule has 2 aromatic carbocycles. The number of aryl methyl sites for hydroxylation is 1. The maximum absolute atomic E-state index is 12.8. The molecule has 1 aliphatic heterocycles. The van der Waals surface area contributed by atoms with Crippen LogP contribution < -0.4 is 5.56 Å². The largest absolute Gasteiger partial charge is 0.297 e. The van der Waals surface area contributed by atoms with Gasteiger partial charge in [-0.25, -0.2) is 4.68 Å². The molecule has 28 heavy (non-hydrogen) atoms. The zero-order chi connectivity index (χ0) is 19.3. The number of aromatic nitrogens is 2. The third-order valence-electron chi connectivity index (χ3n) is 6.59. The zero-order valence-electron chi connectivity index (χ0n) is 16.1. The summed E-state index contributed by atoms with van der Waals surface area (Å²) < 4.78 is 3.57. The molecule has 1 aromatic heterocycles. The van der Waals surface area contributed by atoms with Crippen LogP contribution in [0.25, 0.3) is 5.69 Å². The first-order valence-electron chi connectivity index (χ1n) is 9.92. The first-order chi connectivity index (χ1) is 13.6. The van der Waals surface area contributed by atoms with E-state index in [-0.39, 0.29) is 11.0 Å². The Kier molecular flexibility index (Phi) is 4.22. The van der Waals surface area contributed by atoms with Gasteiger partial charge in [0.15, 0.2) is 0 Å². The Morgan fingerprint density at radius 1 is 1.04 bits per heavy atom. The van der Waals surface area contributed by atoms with Crippen molar-refractivity contribution in [1.82, 2.24) is 14.3 Å². The standard InChI is InChI=1S/C23H24ClN3O/c1-25-20(21(24)22(28)27(25)18-8-3-2-4-9-18)15-26-14-13-23(16-26)12-11-17-7-5-6-10-19(17)23/h2-10H,11-16H2,1H3. The van der Waals surface area contributed by atoms with Gasteiger partial charge in [0.25, 0.3) is 5.56 Å². The second kappa shape index (κ2) is 6.64. The molecule has 5 heteroatoms. The predicted octanol–water partition coefficient (Wildman–Crippen LogP) is 3.92. The highest BCUT2D eigenvalue weighted by atomic mass is 35.5. The highest BCUT2D eigenvalue weighted by Gasteiger charge is 2.44. The fraction of sp³-hybridized carbons (Fsp3) is 0.348. The van der Waals surface area contributed by atoms with Gasteiger partial charge in [0.1, 0.15) is 5.02 Å². The van der Waals surface area contributed by atoms with Crippen molar-refractivity contribution in [1.29, 1.82) is 0 Å². The van der Waals surface area contributed by atoms with E-state index in [0.717, 1.165) is 24.5 Å². The Hall–Kier alpha value is -2.30. The first-order valence-corrected chi connectivity index (χ1v) is 10.3. The van der Waals surface area contributed by atoms with Gasteiger partial charge in [-0.1, -0.05) is 54.1 Å². The molecule has 1 saturated heterocycles. The van der Waals surface area contributed by atoms with Gasteiger partial charge in [0.05, 0.1) is 11.4 Å². The van der Waals surface area contributed by atoms with Crippen LogP contribution in [0.15, 0.2) is 59.4 Å². The van der Waals surface area contributed by atoms with Crippen molar-refractivity contribution >= 4 is 11.6 Å². The molecule has 0 bridgehead atoms. The van der Waals surface area contributed by atoms with Gasteiger partial charge in [-0.2, -0.15) is 0 Å². The summed E-state index contributed by atoms with van der Waals surface area (Å²) in [7, 11) is 1.92. The maximum atomic E-state index is 12.8. The normalized spacial score (nSPS) is 21.5. The van der Waals surface area contributed by atoms with E-state index in [1.807, 2.05) is 42.1 Å². The highest BCUT2D eigenvalue weighted by Crippen LogP contribution is 2.45. The van der Waals surface area contributed by atoms with E-state index < -0.39 is 0 Å². The number of nitrogens with zero attached hydrogens (tertiary/aromatic N) is 3. The summed E-state index contributed by atoms with van der Waals surface area (Å²) in [5, 5.41) is 0.333. The second-order valence-electron chi connectivity index (χ2n) is 8.13. The minimum Gasteiger partial charge on any atom is -0.297 e. The number of hydrogen-bond acceptors (Lipinski definition) is 2. The third kappa shape index (κ3) is 2.66. The lowest BCUT2D eigenvalue weighted by Gasteiger charge is -2.25. The Bertz CT molecular complexity index is 1080. The van der Waals surface area contributed by atoms with Crippen LogP contribution in [0.5, 0.6) is 0 Å². The van der Waals surface area contributed by atoms with Crippen molar-refractivity contribution in [2.24, 2.45) is 7.05 Å². The third-order valence-corrected chi connectivity index (χ3v) is 6.97. The summed E-state index contributed by atoms with van der Waals surface area (Å²) in [4.78, 5) is 15.2. The van der Waals surface area contributed by atoms with Crippen molar-refractivity contribution in [2.45, 2.75) is 31.2 Å². The van der Waals surface area contributed by atoms with Crippen molar-refractivity contribution in [3.05, 3.63) is 86.8 Å². The molecule has 1 aliphatic carbocycles. The number of fused-ring (bicyclic) bond motifs is 2. The van der Waals surface area contributed by atoms with E-state index in [4.69, 9.17) is 11.6 Å². The molecule has 0 radical (unpaired) electrons. The van der Waals surface area contributed by atoms with Gasteiger partial charge in [-0.15, -0.1) is 0 Å². The van der Waals surface area contributed by atoms with Crippen LogP contribution in [0, 0.1) is 0 Å². The Morgan fingerprint density at radius 2 is 1.79 bits per heavy atom.